The first-order valence-electron chi connectivity index (χ1n) is 3.98. The van der Waals surface area contributed by atoms with Crippen LogP contribution in [0.2, 0.25) is 0 Å². The summed E-state index contributed by atoms with van der Waals surface area (Å²) in [7, 11) is -3.98. The quantitative estimate of drug-likeness (QED) is 0.755. The van der Waals surface area contributed by atoms with Crippen LogP contribution in [0.5, 0.6) is 0 Å². The van der Waals surface area contributed by atoms with Crippen LogP contribution in [0.4, 0.5) is 0 Å². The Kier molecular flexibility index (Phi) is 3.06. The molecule has 0 aliphatic carbocycles. The van der Waals surface area contributed by atoms with Crippen LogP contribution in [0.25, 0.3) is 0 Å². The molecule has 0 saturated heterocycles. The van der Waals surface area contributed by atoms with Gasteiger partial charge in [-0.15, -0.1) is 0 Å². The molecule has 0 bridgehead atoms. The summed E-state index contributed by atoms with van der Waals surface area (Å²) in [5, 5.41) is -0.818. The molecule has 1 rings (SSSR count). The molecule has 0 aliphatic heterocycles. The highest BCUT2D eigenvalue weighted by Gasteiger charge is 2.22. The van der Waals surface area contributed by atoms with Gasteiger partial charge in [0.1, 0.15) is 5.25 Å². The Balaban J connectivity index is 3.06. The highest BCUT2D eigenvalue weighted by Crippen LogP contribution is 2.23. The van der Waals surface area contributed by atoms with Gasteiger partial charge in [-0.2, -0.15) is 8.42 Å². The van der Waals surface area contributed by atoms with Gasteiger partial charge in [0.25, 0.3) is 10.1 Å². The van der Waals surface area contributed by atoms with Crippen LogP contribution in [0.1, 0.15) is 24.2 Å². The standard InChI is InChI=1S/C9H11O3S/c1-2-9(13(10,11)12)8-6-4-3-5-7-8/h4-7,9H,2H2,1H3,(H,10,11,12). The van der Waals surface area contributed by atoms with Crippen molar-refractivity contribution in [2.45, 2.75) is 18.6 Å². The summed E-state index contributed by atoms with van der Waals surface area (Å²) >= 11 is 0. The van der Waals surface area contributed by atoms with Gasteiger partial charge in [0.15, 0.2) is 0 Å². The summed E-state index contributed by atoms with van der Waals surface area (Å²) < 4.78 is 30.7. The Bertz CT molecular complexity index is 356. The van der Waals surface area contributed by atoms with Crippen LogP contribution in [0, 0.1) is 6.07 Å². The number of hydrogen-bond donors (Lipinski definition) is 1. The molecule has 0 fully saturated rings. The second kappa shape index (κ2) is 3.89. The van der Waals surface area contributed by atoms with E-state index in [1.165, 1.54) is 0 Å². The lowest BCUT2D eigenvalue weighted by molar-refractivity contribution is 0.466. The molecule has 13 heavy (non-hydrogen) atoms. The fourth-order valence-electron chi connectivity index (χ4n) is 1.23. The van der Waals surface area contributed by atoms with Crippen LogP contribution in [-0.2, 0) is 10.1 Å². The van der Waals surface area contributed by atoms with Gasteiger partial charge in [0, 0.05) is 0 Å². The molecule has 1 aromatic carbocycles. The van der Waals surface area contributed by atoms with Gasteiger partial charge in [0.05, 0.1) is 0 Å². The van der Waals surface area contributed by atoms with Crippen molar-refractivity contribution in [3.8, 4) is 0 Å². The molecule has 1 aromatic rings. The lowest BCUT2D eigenvalue weighted by Crippen LogP contribution is -2.10. The topological polar surface area (TPSA) is 54.4 Å². The molecule has 0 aromatic heterocycles. The molecule has 1 radical (unpaired) electrons. The molecule has 0 aliphatic rings. The van der Waals surface area contributed by atoms with Crippen LogP contribution in [0.15, 0.2) is 24.3 Å². The van der Waals surface area contributed by atoms with E-state index in [9.17, 15) is 8.42 Å². The Labute approximate surface area is 78.2 Å². The smallest absolute Gasteiger partial charge is 0.271 e. The summed E-state index contributed by atoms with van der Waals surface area (Å²) in [6.07, 6.45) is 0.364. The average molecular weight is 199 g/mol. The van der Waals surface area contributed by atoms with Crippen molar-refractivity contribution < 1.29 is 13.0 Å². The van der Waals surface area contributed by atoms with E-state index in [0.29, 0.717) is 12.0 Å². The van der Waals surface area contributed by atoms with E-state index in [4.69, 9.17) is 4.55 Å². The zero-order valence-corrected chi connectivity index (χ0v) is 8.08. The van der Waals surface area contributed by atoms with Gasteiger partial charge in [-0.25, -0.2) is 0 Å². The van der Waals surface area contributed by atoms with Crippen LogP contribution < -0.4 is 0 Å². The molecule has 71 valence electrons. The third kappa shape index (κ3) is 2.54. The van der Waals surface area contributed by atoms with Crippen LogP contribution in [-0.4, -0.2) is 13.0 Å². The number of benzene rings is 1. The fourth-order valence-corrected chi connectivity index (χ4v) is 2.16. The summed E-state index contributed by atoms with van der Waals surface area (Å²) in [5.74, 6) is 0. The van der Waals surface area contributed by atoms with Gasteiger partial charge in [0.2, 0.25) is 0 Å². The van der Waals surface area contributed by atoms with Gasteiger partial charge in [-0.05, 0) is 18.1 Å². The maximum Gasteiger partial charge on any atom is 0.271 e. The lowest BCUT2D eigenvalue weighted by atomic mass is 10.1. The molecule has 0 heterocycles. The van der Waals surface area contributed by atoms with Gasteiger partial charge in [-0.3, -0.25) is 4.55 Å². The minimum Gasteiger partial charge on any atom is -0.285 e. The van der Waals surface area contributed by atoms with Crippen molar-refractivity contribution in [1.29, 1.82) is 0 Å². The second-order valence-corrected chi connectivity index (χ2v) is 4.34. The summed E-state index contributed by atoms with van der Waals surface area (Å²) in [4.78, 5) is 0. The highest BCUT2D eigenvalue weighted by atomic mass is 32.2. The van der Waals surface area contributed by atoms with Crippen molar-refractivity contribution in [2.75, 3.05) is 0 Å². The molecular weight excluding hydrogens is 188 g/mol. The van der Waals surface area contributed by atoms with E-state index in [1.54, 1.807) is 31.2 Å². The second-order valence-electron chi connectivity index (χ2n) is 2.75. The molecule has 1 N–H and O–H groups in total. The van der Waals surface area contributed by atoms with Crippen LogP contribution in [0.3, 0.4) is 0 Å². The van der Waals surface area contributed by atoms with Gasteiger partial charge < -0.3 is 0 Å². The first-order chi connectivity index (χ1) is 6.05. The number of rotatable bonds is 3. The monoisotopic (exact) mass is 199 g/mol. The third-order valence-electron chi connectivity index (χ3n) is 1.85. The molecule has 4 heteroatoms. The first-order valence-corrected chi connectivity index (χ1v) is 5.48. The Morgan fingerprint density at radius 3 is 2.38 bits per heavy atom. The summed E-state index contributed by atoms with van der Waals surface area (Å²) in [5.41, 5.74) is 0.601. The summed E-state index contributed by atoms with van der Waals surface area (Å²) in [6, 6.07) is 9.32. The zero-order chi connectivity index (χ0) is 9.90. The maximum atomic E-state index is 10.9. The molecule has 0 saturated carbocycles. The minimum absolute atomic E-state index is 0.364. The predicted molar refractivity (Wildman–Crippen MR) is 49.9 cm³/mol. The van der Waals surface area contributed by atoms with Crippen molar-refractivity contribution in [1.82, 2.24) is 0 Å². The molecule has 0 spiro atoms. The molecule has 1 unspecified atom stereocenters. The lowest BCUT2D eigenvalue weighted by Gasteiger charge is -2.10. The third-order valence-corrected chi connectivity index (χ3v) is 3.17. The average Bonchev–Trinajstić information content (AvgIpc) is 2.05. The first kappa shape index (κ1) is 10.2. The van der Waals surface area contributed by atoms with E-state index in [1.807, 2.05) is 0 Å². The molecule has 1 atom stereocenters. The van der Waals surface area contributed by atoms with Crippen molar-refractivity contribution in [3.05, 3.63) is 35.9 Å². The van der Waals surface area contributed by atoms with E-state index < -0.39 is 15.4 Å². The molecule has 0 amide bonds. The zero-order valence-electron chi connectivity index (χ0n) is 7.27. The Morgan fingerprint density at radius 2 is 2.00 bits per heavy atom. The van der Waals surface area contributed by atoms with E-state index >= 15 is 0 Å². The van der Waals surface area contributed by atoms with Crippen molar-refractivity contribution in [3.63, 3.8) is 0 Å². The van der Waals surface area contributed by atoms with E-state index in [2.05, 4.69) is 6.07 Å². The Morgan fingerprint density at radius 1 is 1.46 bits per heavy atom. The number of hydrogen-bond acceptors (Lipinski definition) is 2. The largest absolute Gasteiger partial charge is 0.285 e. The molecular formula is C9H11O3S. The SMILES string of the molecule is CCC(c1cc[c]cc1)S(=O)(=O)O. The van der Waals surface area contributed by atoms with Gasteiger partial charge >= 0.3 is 0 Å². The normalized spacial score (nSPS) is 14.0. The molecule has 3 nitrogen and oxygen atoms in total. The Hall–Kier alpha value is -0.870. The van der Waals surface area contributed by atoms with Gasteiger partial charge in [-0.1, -0.05) is 31.2 Å². The van der Waals surface area contributed by atoms with Crippen molar-refractivity contribution in [2.24, 2.45) is 0 Å². The summed E-state index contributed by atoms with van der Waals surface area (Å²) in [6.45, 7) is 1.72. The van der Waals surface area contributed by atoms with E-state index in [0.717, 1.165) is 0 Å². The predicted octanol–water partition coefficient (Wildman–Crippen LogP) is 1.83. The maximum absolute atomic E-state index is 10.9. The van der Waals surface area contributed by atoms with Crippen molar-refractivity contribution >= 4 is 10.1 Å². The fraction of sp³-hybridized carbons (Fsp3) is 0.333. The van der Waals surface area contributed by atoms with Crippen LogP contribution >= 0.6 is 0 Å². The minimum atomic E-state index is -3.98. The highest BCUT2D eigenvalue weighted by molar-refractivity contribution is 7.86. The van der Waals surface area contributed by atoms with E-state index in [-0.39, 0.29) is 0 Å².